The average Bonchev–Trinajstić information content (AvgIpc) is 2.91. The molecule has 2 rings (SSSR count). The van der Waals surface area contributed by atoms with Crippen LogP contribution in [0.15, 0.2) is 48.5 Å². The molecule has 38 heavy (non-hydrogen) atoms. The van der Waals surface area contributed by atoms with E-state index in [9.17, 15) is 14.0 Å². The van der Waals surface area contributed by atoms with Crippen LogP contribution in [0.4, 0.5) is 4.39 Å². The second-order valence-electron chi connectivity index (χ2n) is 10.3. The van der Waals surface area contributed by atoms with Crippen LogP contribution in [-0.2, 0) is 9.59 Å². The van der Waals surface area contributed by atoms with Crippen molar-refractivity contribution in [1.29, 1.82) is 0 Å². The molecule has 2 aromatic rings. The second-order valence-corrected chi connectivity index (χ2v) is 10.3. The molecule has 0 heterocycles. The molecule has 1 atom stereocenters. The molecular formula is C33H49FO4. The zero-order valence-electron chi connectivity index (χ0n) is 23.6. The summed E-state index contributed by atoms with van der Waals surface area (Å²) in [5.74, 6) is -2.71. The van der Waals surface area contributed by atoms with Crippen LogP contribution < -0.4 is 0 Å². The smallest absolute Gasteiger partial charge is 0.310 e. The Morgan fingerprint density at radius 2 is 1.18 bits per heavy atom. The van der Waals surface area contributed by atoms with Crippen molar-refractivity contribution in [2.75, 3.05) is 0 Å². The van der Waals surface area contributed by atoms with Crippen molar-refractivity contribution < 1.29 is 24.2 Å². The third-order valence-corrected chi connectivity index (χ3v) is 6.94. The fourth-order valence-corrected chi connectivity index (χ4v) is 4.44. The molecule has 212 valence electrons. The Balaban J connectivity index is 0.000000381. The first kappa shape index (κ1) is 33.3. The van der Waals surface area contributed by atoms with E-state index in [2.05, 4.69) is 6.92 Å². The van der Waals surface area contributed by atoms with Crippen molar-refractivity contribution >= 4 is 11.9 Å². The highest BCUT2D eigenvalue weighted by Crippen LogP contribution is 2.26. The van der Waals surface area contributed by atoms with Crippen molar-refractivity contribution in [3.05, 3.63) is 59.9 Å². The molecule has 0 radical (unpaired) electrons. The maximum atomic E-state index is 14.0. The lowest BCUT2D eigenvalue weighted by molar-refractivity contribution is -0.138. The van der Waals surface area contributed by atoms with Gasteiger partial charge in [-0.25, -0.2) is 4.39 Å². The Kier molecular flexibility index (Phi) is 18.7. The third kappa shape index (κ3) is 15.5. The van der Waals surface area contributed by atoms with E-state index in [0.717, 1.165) is 18.4 Å². The van der Waals surface area contributed by atoms with Crippen LogP contribution in [0.5, 0.6) is 0 Å². The van der Waals surface area contributed by atoms with Gasteiger partial charge in [-0.1, -0.05) is 139 Å². The summed E-state index contributed by atoms with van der Waals surface area (Å²) in [5, 5.41) is 17.4. The summed E-state index contributed by atoms with van der Waals surface area (Å²) in [4.78, 5) is 21.2. The molecule has 0 saturated heterocycles. The van der Waals surface area contributed by atoms with E-state index in [0.29, 0.717) is 17.5 Å². The highest BCUT2D eigenvalue weighted by Gasteiger charge is 2.15. The van der Waals surface area contributed by atoms with Gasteiger partial charge in [-0.3, -0.25) is 9.59 Å². The molecular weight excluding hydrogens is 479 g/mol. The number of benzene rings is 2. The van der Waals surface area contributed by atoms with E-state index in [4.69, 9.17) is 10.2 Å². The van der Waals surface area contributed by atoms with Gasteiger partial charge in [0.2, 0.25) is 0 Å². The number of aliphatic carboxylic acids is 2. The van der Waals surface area contributed by atoms with Crippen LogP contribution in [0.25, 0.3) is 11.1 Å². The van der Waals surface area contributed by atoms with E-state index in [1.807, 2.05) is 30.3 Å². The highest BCUT2D eigenvalue weighted by molar-refractivity contribution is 5.76. The Morgan fingerprint density at radius 1 is 0.711 bits per heavy atom. The topological polar surface area (TPSA) is 74.6 Å². The van der Waals surface area contributed by atoms with E-state index in [-0.39, 0.29) is 0 Å². The first-order valence-electron chi connectivity index (χ1n) is 14.7. The normalized spacial score (nSPS) is 11.4. The number of carboxylic acids is 2. The van der Waals surface area contributed by atoms with Gasteiger partial charge in [0.25, 0.3) is 0 Å². The molecule has 0 fully saturated rings. The van der Waals surface area contributed by atoms with Gasteiger partial charge in [0, 0.05) is 12.0 Å². The molecule has 4 nitrogen and oxygen atoms in total. The van der Waals surface area contributed by atoms with E-state index in [1.165, 1.54) is 89.5 Å². The predicted octanol–water partition coefficient (Wildman–Crippen LogP) is 10.0. The molecule has 5 heteroatoms. The lowest BCUT2D eigenvalue weighted by atomic mass is 9.97. The average molecular weight is 529 g/mol. The van der Waals surface area contributed by atoms with Crippen LogP contribution in [-0.4, -0.2) is 22.2 Å². The number of carboxylic acid groups (broad SMARTS) is 2. The fourth-order valence-electron chi connectivity index (χ4n) is 4.44. The number of unbranched alkanes of at least 4 members (excludes halogenated alkanes) is 14. The van der Waals surface area contributed by atoms with Gasteiger partial charge in [0.15, 0.2) is 0 Å². The van der Waals surface area contributed by atoms with Crippen LogP contribution in [0.3, 0.4) is 0 Å². The lowest BCUT2D eigenvalue weighted by Gasteiger charge is -2.09. The number of rotatable bonds is 19. The molecule has 2 aromatic carbocycles. The molecule has 0 aliphatic heterocycles. The fraction of sp³-hybridized carbons (Fsp3) is 0.576. The summed E-state index contributed by atoms with van der Waals surface area (Å²) in [5.41, 5.74) is 1.74. The predicted molar refractivity (Wildman–Crippen MR) is 155 cm³/mol. The monoisotopic (exact) mass is 528 g/mol. The molecule has 0 aromatic heterocycles. The minimum atomic E-state index is -0.957. The molecule has 0 aliphatic rings. The van der Waals surface area contributed by atoms with Crippen LogP contribution in [0, 0.1) is 5.82 Å². The molecule has 0 saturated carbocycles. The minimum Gasteiger partial charge on any atom is -0.481 e. The summed E-state index contributed by atoms with van der Waals surface area (Å²) in [6, 6.07) is 13.7. The highest BCUT2D eigenvalue weighted by atomic mass is 19.1. The number of hydrogen-bond donors (Lipinski definition) is 2. The summed E-state index contributed by atoms with van der Waals surface area (Å²) in [6.45, 7) is 3.81. The summed E-state index contributed by atoms with van der Waals surface area (Å²) in [7, 11) is 0. The van der Waals surface area contributed by atoms with Crippen molar-refractivity contribution in [2.24, 2.45) is 0 Å². The van der Waals surface area contributed by atoms with Crippen LogP contribution in [0.2, 0.25) is 0 Å². The standard InChI is InChI=1S/C18H36O2.C15H13FO2/c1-2-3-4-5-6-7-8-9-10-11-12-13-14-15-16-17-18(19)20;1-10(15(17)18)12-7-8-13(14(16)9-12)11-5-3-2-4-6-11/h2-17H2,1H3,(H,19,20);2-10H,1H3,(H,17,18). The van der Waals surface area contributed by atoms with Gasteiger partial charge in [0.05, 0.1) is 5.92 Å². The van der Waals surface area contributed by atoms with Crippen molar-refractivity contribution in [1.82, 2.24) is 0 Å². The van der Waals surface area contributed by atoms with E-state index in [1.54, 1.807) is 19.1 Å². The Bertz CT molecular complexity index is 897. The van der Waals surface area contributed by atoms with Gasteiger partial charge < -0.3 is 10.2 Å². The maximum absolute atomic E-state index is 14.0. The van der Waals surface area contributed by atoms with Gasteiger partial charge in [0.1, 0.15) is 5.82 Å². The summed E-state index contributed by atoms with van der Waals surface area (Å²) in [6.07, 6.45) is 20.2. The number of halogens is 1. The lowest BCUT2D eigenvalue weighted by Crippen LogP contribution is -2.07. The molecule has 2 N–H and O–H groups in total. The zero-order chi connectivity index (χ0) is 28.0. The summed E-state index contributed by atoms with van der Waals surface area (Å²) >= 11 is 0. The Hall–Kier alpha value is -2.69. The third-order valence-electron chi connectivity index (χ3n) is 6.94. The molecule has 1 unspecified atom stereocenters. The van der Waals surface area contributed by atoms with E-state index < -0.39 is 23.7 Å². The molecule has 0 bridgehead atoms. The first-order chi connectivity index (χ1) is 18.4. The Labute approximate surface area is 229 Å². The summed E-state index contributed by atoms with van der Waals surface area (Å²) < 4.78 is 14.0. The number of carbonyl (C=O) groups is 2. The minimum absolute atomic E-state index is 0.345. The van der Waals surface area contributed by atoms with Crippen molar-refractivity contribution in [3.8, 4) is 11.1 Å². The van der Waals surface area contributed by atoms with Gasteiger partial charge >= 0.3 is 11.9 Å². The van der Waals surface area contributed by atoms with Gasteiger partial charge in [-0.15, -0.1) is 0 Å². The van der Waals surface area contributed by atoms with Crippen molar-refractivity contribution in [3.63, 3.8) is 0 Å². The molecule has 0 aliphatic carbocycles. The molecule has 0 spiro atoms. The van der Waals surface area contributed by atoms with Crippen molar-refractivity contribution in [2.45, 2.75) is 122 Å². The van der Waals surface area contributed by atoms with Crippen LogP contribution in [0.1, 0.15) is 128 Å². The van der Waals surface area contributed by atoms with Crippen LogP contribution >= 0.6 is 0 Å². The van der Waals surface area contributed by atoms with E-state index >= 15 is 0 Å². The first-order valence-corrected chi connectivity index (χ1v) is 14.7. The second kappa shape index (κ2) is 21.3. The van der Waals surface area contributed by atoms with Gasteiger partial charge in [-0.2, -0.15) is 0 Å². The quantitative estimate of drug-likeness (QED) is 0.178. The Morgan fingerprint density at radius 3 is 1.61 bits per heavy atom. The number of hydrogen-bond acceptors (Lipinski definition) is 2. The molecule has 0 amide bonds. The largest absolute Gasteiger partial charge is 0.481 e. The SMILES string of the molecule is CC(C(=O)O)c1ccc(-c2ccccc2)c(F)c1.CCCCCCCCCCCCCCCCCC(=O)O. The van der Waals surface area contributed by atoms with Gasteiger partial charge in [-0.05, 0) is 30.5 Å². The maximum Gasteiger partial charge on any atom is 0.310 e. The zero-order valence-corrected chi connectivity index (χ0v) is 23.6.